The highest BCUT2D eigenvalue weighted by Gasteiger charge is 2.14. The lowest BCUT2D eigenvalue weighted by atomic mass is 10.1. The van der Waals surface area contributed by atoms with Crippen LogP contribution >= 0.6 is 0 Å². The van der Waals surface area contributed by atoms with E-state index in [0.29, 0.717) is 18.5 Å². The van der Waals surface area contributed by atoms with Gasteiger partial charge in [-0.25, -0.2) is 4.79 Å². The second-order valence-electron chi connectivity index (χ2n) is 6.78. The molecule has 3 rings (SSSR count). The van der Waals surface area contributed by atoms with E-state index in [4.69, 9.17) is 9.15 Å². The first kappa shape index (κ1) is 21.8. The Morgan fingerprint density at radius 1 is 1.16 bits per heavy atom. The summed E-state index contributed by atoms with van der Waals surface area (Å²) in [7, 11) is 0. The molecular weight excluding hydrogens is 406 g/mol. The average molecular weight is 427 g/mol. The van der Waals surface area contributed by atoms with Crippen LogP contribution < -0.4 is 11.1 Å². The largest absolute Gasteiger partial charge is 0.456 e. The molecule has 0 radical (unpaired) electrons. The highest BCUT2D eigenvalue weighted by molar-refractivity contribution is 5.80. The van der Waals surface area contributed by atoms with E-state index in [1.54, 1.807) is 0 Å². The standard InChI is InChI=1S/C21H21N3O7/c25-19(22-11-10-15-5-2-1-3-6-15)14-30-20(26)7-4-12-23-17-9-8-16(24(28)29)13-18(17)31-21(23)27/h1-3,5-6,8-9,13H,4,7,10-12,14H2,(H,22,25). The molecule has 1 aromatic heterocycles. The molecule has 0 saturated carbocycles. The number of nitro benzene ring substituents is 1. The second kappa shape index (κ2) is 10.2. The van der Waals surface area contributed by atoms with Gasteiger partial charge < -0.3 is 14.5 Å². The molecule has 1 N–H and O–H groups in total. The fourth-order valence-electron chi connectivity index (χ4n) is 3.02. The minimum Gasteiger partial charge on any atom is -0.456 e. The number of nitrogens with zero attached hydrogens (tertiary/aromatic N) is 2. The third-order valence-corrected chi connectivity index (χ3v) is 4.57. The zero-order valence-corrected chi connectivity index (χ0v) is 16.6. The van der Waals surface area contributed by atoms with Crippen molar-refractivity contribution in [2.45, 2.75) is 25.8 Å². The molecule has 10 nitrogen and oxygen atoms in total. The summed E-state index contributed by atoms with van der Waals surface area (Å²) in [5.74, 6) is -1.61. The summed E-state index contributed by atoms with van der Waals surface area (Å²) in [6, 6.07) is 13.6. The molecule has 0 fully saturated rings. The fourth-order valence-corrected chi connectivity index (χ4v) is 3.02. The van der Waals surface area contributed by atoms with Gasteiger partial charge in [0.1, 0.15) is 0 Å². The highest BCUT2D eigenvalue weighted by atomic mass is 16.6. The number of hydrogen-bond donors (Lipinski definition) is 1. The van der Waals surface area contributed by atoms with Crippen LogP contribution in [-0.2, 0) is 27.3 Å². The number of amides is 1. The van der Waals surface area contributed by atoms with E-state index in [0.717, 1.165) is 5.56 Å². The van der Waals surface area contributed by atoms with E-state index >= 15 is 0 Å². The second-order valence-corrected chi connectivity index (χ2v) is 6.78. The lowest BCUT2D eigenvalue weighted by molar-refractivity contribution is -0.384. The summed E-state index contributed by atoms with van der Waals surface area (Å²) < 4.78 is 11.3. The van der Waals surface area contributed by atoms with Gasteiger partial charge in [0, 0.05) is 25.6 Å². The number of nitrogens with one attached hydrogen (secondary N) is 1. The number of aryl methyl sites for hydroxylation is 1. The zero-order chi connectivity index (χ0) is 22.2. The lowest BCUT2D eigenvalue weighted by Gasteiger charge is -2.07. The van der Waals surface area contributed by atoms with E-state index in [9.17, 15) is 24.5 Å². The Kier molecular flexibility index (Phi) is 7.15. The topological polar surface area (TPSA) is 134 Å². The average Bonchev–Trinajstić information content (AvgIpc) is 3.07. The van der Waals surface area contributed by atoms with Crippen molar-refractivity contribution in [3.05, 3.63) is 74.8 Å². The Bertz CT molecular complexity index is 1130. The molecule has 10 heteroatoms. The van der Waals surface area contributed by atoms with E-state index in [1.165, 1.54) is 22.8 Å². The summed E-state index contributed by atoms with van der Waals surface area (Å²) >= 11 is 0. The molecule has 1 amide bonds. The number of rotatable bonds is 10. The highest BCUT2D eigenvalue weighted by Crippen LogP contribution is 2.20. The van der Waals surface area contributed by atoms with Gasteiger partial charge in [-0.05, 0) is 24.5 Å². The van der Waals surface area contributed by atoms with Crippen LogP contribution in [0.15, 0.2) is 57.7 Å². The van der Waals surface area contributed by atoms with Gasteiger partial charge in [-0.3, -0.25) is 24.3 Å². The van der Waals surface area contributed by atoms with Crippen molar-refractivity contribution in [1.29, 1.82) is 0 Å². The summed E-state index contributed by atoms with van der Waals surface area (Å²) in [6.07, 6.45) is 0.959. The number of ether oxygens (including phenoxy) is 1. The van der Waals surface area contributed by atoms with Gasteiger partial charge >= 0.3 is 11.7 Å². The van der Waals surface area contributed by atoms with Gasteiger partial charge in [0.2, 0.25) is 0 Å². The summed E-state index contributed by atoms with van der Waals surface area (Å²) in [5.41, 5.74) is 1.42. The Morgan fingerprint density at radius 3 is 2.68 bits per heavy atom. The van der Waals surface area contributed by atoms with Gasteiger partial charge in [0.05, 0.1) is 16.5 Å². The summed E-state index contributed by atoms with van der Waals surface area (Å²) in [6.45, 7) is 0.239. The number of aromatic nitrogens is 1. The van der Waals surface area contributed by atoms with Crippen LogP contribution in [0.1, 0.15) is 18.4 Å². The number of nitro groups is 1. The minimum atomic E-state index is -0.665. The van der Waals surface area contributed by atoms with Gasteiger partial charge in [0.15, 0.2) is 12.2 Å². The van der Waals surface area contributed by atoms with Crippen LogP contribution in [0.4, 0.5) is 5.69 Å². The van der Waals surface area contributed by atoms with Crippen LogP contribution in [0.3, 0.4) is 0 Å². The van der Waals surface area contributed by atoms with Crippen LogP contribution in [0.5, 0.6) is 0 Å². The van der Waals surface area contributed by atoms with Crippen LogP contribution in [0.2, 0.25) is 0 Å². The smallest absolute Gasteiger partial charge is 0.419 e. The number of carbonyl (C=O) groups excluding carboxylic acids is 2. The molecule has 0 atom stereocenters. The molecule has 0 aliphatic heterocycles. The SMILES string of the molecule is O=C(COC(=O)CCCn1c(=O)oc2cc([N+](=O)[O-])ccc21)NCCc1ccccc1. The fraction of sp³-hybridized carbons (Fsp3) is 0.286. The van der Waals surface area contributed by atoms with E-state index in [1.807, 2.05) is 30.3 Å². The third kappa shape index (κ3) is 6.01. The van der Waals surface area contributed by atoms with Gasteiger partial charge in [-0.15, -0.1) is 0 Å². The predicted octanol–water partition coefficient (Wildman–Crippen LogP) is 2.18. The van der Waals surface area contributed by atoms with Crippen molar-refractivity contribution >= 4 is 28.7 Å². The molecule has 31 heavy (non-hydrogen) atoms. The lowest BCUT2D eigenvalue weighted by Crippen LogP contribution is -2.30. The van der Waals surface area contributed by atoms with Gasteiger partial charge in [-0.2, -0.15) is 0 Å². The normalized spacial score (nSPS) is 10.7. The Labute approximate surface area is 176 Å². The maximum atomic E-state index is 12.0. The van der Waals surface area contributed by atoms with Crippen LogP contribution in [0, 0.1) is 10.1 Å². The van der Waals surface area contributed by atoms with Gasteiger partial charge in [-0.1, -0.05) is 30.3 Å². The zero-order valence-electron chi connectivity index (χ0n) is 16.6. The number of oxazole rings is 1. The number of carbonyl (C=O) groups is 2. The molecule has 0 unspecified atom stereocenters. The molecule has 1 heterocycles. The van der Waals surface area contributed by atoms with Crippen molar-refractivity contribution in [3.63, 3.8) is 0 Å². The maximum Gasteiger partial charge on any atom is 0.419 e. The molecule has 2 aromatic carbocycles. The number of non-ortho nitro benzene ring substituents is 1. The van der Waals surface area contributed by atoms with Crippen molar-refractivity contribution in [2.24, 2.45) is 0 Å². The Balaban J connectivity index is 1.40. The Hall–Kier alpha value is -3.95. The van der Waals surface area contributed by atoms with E-state index in [2.05, 4.69) is 5.32 Å². The number of esters is 1. The van der Waals surface area contributed by atoms with Crippen LogP contribution in [0.25, 0.3) is 11.1 Å². The molecule has 0 aliphatic rings. The summed E-state index contributed by atoms with van der Waals surface area (Å²) in [4.78, 5) is 45.8. The van der Waals surface area contributed by atoms with Gasteiger partial charge in [0.25, 0.3) is 11.6 Å². The maximum absolute atomic E-state index is 12.0. The molecule has 162 valence electrons. The van der Waals surface area contributed by atoms with E-state index in [-0.39, 0.29) is 43.2 Å². The number of benzene rings is 2. The van der Waals surface area contributed by atoms with Crippen LogP contribution in [-0.4, -0.2) is 34.5 Å². The molecule has 0 spiro atoms. The minimum absolute atomic E-state index is 0.00336. The Morgan fingerprint density at radius 2 is 1.94 bits per heavy atom. The monoisotopic (exact) mass is 427 g/mol. The number of hydrogen-bond acceptors (Lipinski definition) is 7. The van der Waals surface area contributed by atoms with Crippen molar-refractivity contribution in [1.82, 2.24) is 9.88 Å². The first-order valence-electron chi connectivity index (χ1n) is 9.68. The first-order chi connectivity index (χ1) is 14.9. The molecule has 3 aromatic rings. The number of fused-ring (bicyclic) bond motifs is 1. The molecule has 0 bridgehead atoms. The summed E-state index contributed by atoms with van der Waals surface area (Å²) in [5, 5.41) is 13.5. The van der Waals surface area contributed by atoms with E-state index < -0.39 is 16.6 Å². The van der Waals surface area contributed by atoms with Crippen molar-refractivity contribution in [3.8, 4) is 0 Å². The quantitative estimate of drug-likeness (QED) is 0.298. The molecule has 0 saturated heterocycles. The van der Waals surface area contributed by atoms with Crippen molar-refractivity contribution in [2.75, 3.05) is 13.2 Å². The van der Waals surface area contributed by atoms with Crippen molar-refractivity contribution < 1.29 is 23.7 Å². The first-order valence-corrected chi connectivity index (χ1v) is 9.68. The molecule has 0 aliphatic carbocycles. The predicted molar refractivity (Wildman–Crippen MR) is 110 cm³/mol. The third-order valence-electron chi connectivity index (χ3n) is 4.57. The molecular formula is C21H21N3O7.